The summed E-state index contributed by atoms with van der Waals surface area (Å²) in [5.41, 5.74) is 9.35. The molecule has 3 N–H and O–H groups in total. The van der Waals surface area contributed by atoms with Gasteiger partial charge in [-0.3, -0.25) is 9.48 Å². The van der Waals surface area contributed by atoms with Crippen molar-refractivity contribution in [3.05, 3.63) is 68.2 Å². The Kier molecular flexibility index (Phi) is 4.84. The molecule has 0 radical (unpaired) electrons. The molecule has 0 aliphatic carbocycles. The van der Waals surface area contributed by atoms with Crippen LogP contribution in [0, 0.1) is 11.3 Å². The first-order valence-electron chi connectivity index (χ1n) is 8.58. The number of aryl methyl sites for hydroxylation is 1. The van der Waals surface area contributed by atoms with Crippen LogP contribution in [0.25, 0.3) is 33.2 Å². The first kappa shape index (κ1) is 19.2. The smallest absolute Gasteiger partial charge is 0.272 e. The van der Waals surface area contributed by atoms with Gasteiger partial charge in [0.15, 0.2) is 0 Å². The zero-order valence-corrected chi connectivity index (χ0v) is 16.7. The average Bonchev–Trinajstić information content (AvgIpc) is 3.11. The van der Waals surface area contributed by atoms with E-state index in [1.165, 1.54) is 6.07 Å². The minimum Gasteiger partial charge on any atom is -0.325 e. The van der Waals surface area contributed by atoms with Crippen LogP contribution in [0.5, 0.6) is 0 Å². The predicted octanol–water partition coefficient (Wildman–Crippen LogP) is 3.63. The summed E-state index contributed by atoms with van der Waals surface area (Å²) < 4.78 is 1.67. The van der Waals surface area contributed by atoms with E-state index in [9.17, 15) is 10.1 Å². The molecule has 0 amide bonds. The lowest BCUT2D eigenvalue weighted by molar-refractivity contribution is 0.776. The number of benzene rings is 2. The molecule has 0 saturated carbocycles. The Hall–Kier alpha value is -3.18. The van der Waals surface area contributed by atoms with Crippen LogP contribution < -0.4 is 11.3 Å². The fourth-order valence-electron chi connectivity index (χ4n) is 3.35. The topological polar surface area (TPSA) is 113 Å². The minimum atomic E-state index is -0.286. The summed E-state index contributed by atoms with van der Waals surface area (Å²) >= 11 is 12.3. The van der Waals surface area contributed by atoms with Crippen molar-refractivity contribution in [1.29, 1.82) is 5.26 Å². The molecule has 0 atom stereocenters. The van der Waals surface area contributed by atoms with Crippen LogP contribution in [0.15, 0.2) is 41.3 Å². The Balaban J connectivity index is 2.00. The van der Waals surface area contributed by atoms with E-state index in [0.29, 0.717) is 43.3 Å². The Morgan fingerprint density at radius 2 is 1.93 bits per heavy atom. The van der Waals surface area contributed by atoms with Crippen molar-refractivity contribution < 1.29 is 0 Å². The van der Waals surface area contributed by atoms with Gasteiger partial charge in [-0.1, -0.05) is 29.3 Å². The second kappa shape index (κ2) is 7.33. The normalized spacial score (nSPS) is 11.0. The monoisotopic (exact) mass is 424 g/mol. The van der Waals surface area contributed by atoms with Crippen LogP contribution in [0.3, 0.4) is 0 Å². The van der Waals surface area contributed by atoms with Gasteiger partial charge >= 0.3 is 0 Å². The predicted molar refractivity (Wildman–Crippen MR) is 113 cm³/mol. The maximum Gasteiger partial charge on any atom is 0.272 e. The Morgan fingerprint density at radius 1 is 1.17 bits per heavy atom. The molecule has 0 aliphatic heterocycles. The number of nitrogens with two attached hydrogens (primary N) is 1. The number of H-pyrrole nitrogens is 1. The third-order valence-corrected chi connectivity index (χ3v) is 5.47. The van der Waals surface area contributed by atoms with Gasteiger partial charge in [-0.25, -0.2) is 5.10 Å². The average molecular weight is 425 g/mol. The third kappa shape index (κ3) is 3.17. The zero-order chi connectivity index (χ0) is 20.7. The number of fused-ring (bicyclic) bond motifs is 1. The highest BCUT2D eigenvalue weighted by Crippen LogP contribution is 2.38. The summed E-state index contributed by atoms with van der Waals surface area (Å²) in [6, 6.07) is 10.7. The van der Waals surface area contributed by atoms with Crippen LogP contribution in [0.2, 0.25) is 10.0 Å². The zero-order valence-electron chi connectivity index (χ0n) is 15.2. The largest absolute Gasteiger partial charge is 0.325 e. The highest BCUT2D eigenvalue weighted by atomic mass is 35.5. The van der Waals surface area contributed by atoms with E-state index in [0.717, 1.165) is 11.1 Å². The van der Waals surface area contributed by atoms with Gasteiger partial charge in [-0.2, -0.15) is 15.5 Å². The highest BCUT2D eigenvalue weighted by Gasteiger charge is 2.19. The first-order valence-corrected chi connectivity index (χ1v) is 9.33. The lowest BCUT2D eigenvalue weighted by Gasteiger charge is -2.11. The molecule has 2 heterocycles. The van der Waals surface area contributed by atoms with Gasteiger partial charge < -0.3 is 5.73 Å². The molecule has 0 spiro atoms. The number of hydrogen-bond donors (Lipinski definition) is 2. The van der Waals surface area contributed by atoms with E-state index in [-0.39, 0.29) is 12.1 Å². The molecule has 0 aliphatic rings. The van der Waals surface area contributed by atoms with Gasteiger partial charge in [-0.05, 0) is 29.8 Å². The van der Waals surface area contributed by atoms with Gasteiger partial charge in [0.05, 0.1) is 44.6 Å². The summed E-state index contributed by atoms with van der Waals surface area (Å²) in [6.07, 6.45) is 1.70. The molecule has 0 saturated heterocycles. The summed E-state index contributed by atoms with van der Waals surface area (Å²) in [5, 5.41) is 22.2. The molecule has 29 heavy (non-hydrogen) atoms. The van der Waals surface area contributed by atoms with E-state index in [4.69, 9.17) is 28.9 Å². The molecule has 4 aromatic rings. The van der Waals surface area contributed by atoms with Crippen LogP contribution in [-0.4, -0.2) is 20.0 Å². The van der Waals surface area contributed by atoms with E-state index in [2.05, 4.69) is 21.4 Å². The lowest BCUT2D eigenvalue weighted by Crippen LogP contribution is -2.13. The van der Waals surface area contributed by atoms with E-state index in [1.807, 2.05) is 12.1 Å². The van der Waals surface area contributed by atoms with Crippen molar-refractivity contribution in [3.63, 3.8) is 0 Å². The van der Waals surface area contributed by atoms with Crippen LogP contribution >= 0.6 is 23.2 Å². The second-order valence-electron chi connectivity index (χ2n) is 6.42. The molecule has 0 fully saturated rings. The van der Waals surface area contributed by atoms with Crippen molar-refractivity contribution in [1.82, 2.24) is 20.0 Å². The van der Waals surface area contributed by atoms with Gasteiger partial charge in [0.25, 0.3) is 5.56 Å². The Labute approximate surface area is 175 Å². The van der Waals surface area contributed by atoms with Gasteiger partial charge in [0.1, 0.15) is 0 Å². The number of nitrogens with one attached hydrogen (secondary N) is 1. The lowest BCUT2D eigenvalue weighted by atomic mass is 9.96. The molecule has 9 heteroatoms. The van der Waals surface area contributed by atoms with Gasteiger partial charge in [0.2, 0.25) is 0 Å². The van der Waals surface area contributed by atoms with E-state index >= 15 is 0 Å². The molecular weight excluding hydrogens is 411 g/mol. The highest BCUT2D eigenvalue weighted by molar-refractivity contribution is 6.42. The third-order valence-electron chi connectivity index (χ3n) is 4.75. The molecule has 0 bridgehead atoms. The molecule has 7 nitrogen and oxygen atoms in total. The molecular formula is C20H14Cl2N6O. The number of aromatic nitrogens is 4. The summed E-state index contributed by atoms with van der Waals surface area (Å²) in [4.78, 5) is 12.1. The van der Waals surface area contributed by atoms with Crippen molar-refractivity contribution in [2.75, 3.05) is 0 Å². The quantitative estimate of drug-likeness (QED) is 0.521. The molecule has 144 valence electrons. The van der Waals surface area contributed by atoms with Gasteiger partial charge in [-0.15, -0.1) is 0 Å². The molecule has 4 rings (SSSR count). The number of hydrogen-bond acceptors (Lipinski definition) is 5. The van der Waals surface area contributed by atoms with Crippen molar-refractivity contribution >= 4 is 34.0 Å². The van der Waals surface area contributed by atoms with Crippen LogP contribution in [0.1, 0.15) is 11.3 Å². The molecule has 2 aromatic carbocycles. The number of aromatic amines is 1. The van der Waals surface area contributed by atoms with Crippen molar-refractivity contribution in [2.45, 2.75) is 6.54 Å². The summed E-state index contributed by atoms with van der Waals surface area (Å²) in [6.45, 7) is 0.183. The maximum absolute atomic E-state index is 12.1. The summed E-state index contributed by atoms with van der Waals surface area (Å²) in [5.74, 6) is 0. The fourth-order valence-corrected chi connectivity index (χ4v) is 3.67. The van der Waals surface area contributed by atoms with Gasteiger partial charge in [0, 0.05) is 30.1 Å². The maximum atomic E-state index is 12.1. The van der Waals surface area contributed by atoms with Crippen LogP contribution in [0.4, 0.5) is 0 Å². The molecule has 0 unspecified atom stereocenters. The minimum absolute atomic E-state index is 0.183. The number of nitriles is 1. The summed E-state index contributed by atoms with van der Waals surface area (Å²) in [7, 11) is 1.78. The second-order valence-corrected chi connectivity index (χ2v) is 7.23. The Bertz CT molecular complexity index is 1370. The SMILES string of the molecule is Cn1ncc(-c2ccc3c(=O)[nH]nc(CN)c3c2)c1-c1cc(Cl)c(Cl)cc1C#N. The Morgan fingerprint density at radius 3 is 2.66 bits per heavy atom. The fraction of sp³-hybridized carbons (Fsp3) is 0.100. The van der Waals surface area contributed by atoms with E-state index < -0.39 is 0 Å². The van der Waals surface area contributed by atoms with Crippen molar-refractivity contribution in [3.8, 4) is 28.5 Å². The van der Waals surface area contributed by atoms with E-state index in [1.54, 1.807) is 30.1 Å². The first-order chi connectivity index (χ1) is 13.9. The van der Waals surface area contributed by atoms with Crippen molar-refractivity contribution in [2.24, 2.45) is 12.8 Å². The number of nitrogens with zero attached hydrogens (tertiary/aromatic N) is 4. The number of halogens is 2. The standard InChI is InChI=1S/C20H14Cl2N6O/c1-28-19(13-6-17(22)16(21)5-11(13)7-23)15(9-25-28)10-2-3-12-14(4-10)18(8-24)26-27-20(12)29/h2-6,9H,8,24H2,1H3,(H,27,29). The number of rotatable bonds is 3. The van der Waals surface area contributed by atoms with Crippen LogP contribution in [-0.2, 0) is 13.6 Å². The molecule has 2 aromatic heterocycles.